The van der Waals surface area contributed by atoms with E-state index in [2.05, 4.69) is 5.32 Å². The van der Waals surface area contributed by atoms with E-state index in [1.54, 1.807) is 0 Å². The molecule has 1 heterocycles. The number of thiophene rings is 1. The van der Waals surface area contributed by atoms with Crippen LogP contribution >= 0.6 is 23.7 Å². The van der Waals surface area contributed by atoms with E-state index in [1.165, 1.54) is 11.4 Å². The first kappa shape index (κ1) is 17.8. The molecule has 0 fully saturated rings. The number of hydrogen-bond donors (Lipinski definition) is 2. The quantitative estimate of drug-likeness (QED) is 0.622. The fraction of sp³-hybridized carbons (Fsp3) is 0.545. The number of hydrogen-bond acceptors (Lipinski definition) is 5. The maximum Gasteiger partial charge on any atom is 0.324 e. The number of nitrogens with two attached hydrogens (primary N) is 1. The minimum atomic E-state index is -0.503. The van der Waals surface area contributed by atoms with Gasteiger partial charge in [-0.15, -0.1) is 12.4 Å². The van der Waals surface area contributed by atoms with Gasteiger partial charge in [-0.1, -0.05) is 25.2 Å². The van der Waals surface area contributed by atoms with Gasteiger partial charge < -0.3 is 11.1 Å². The van der Waals surface area contributed by atoms with Gasteiger partial charge in [0.25, 0.3) is 5.91 Å². The van der Waals surface area contributed by atoms with Crippen LogP contribution < -0.4 is 11.1 Å². The van der Waals surface area contributed by atoms with Gasteiger partial charge >= 0.3 is 5.00 Å². The number of carbonyl (C=O) groups excluding carboxylic acids is 1. The summed E-state index contributed by atoms with van der Waals surface area (Å²) in [6, 6.07) is 1.28. The summed E-state index contributed by atoms with van der Waals surface area (Å²) in [5, 5.41) is 14.9. The van der Waals surface area contributed by atoms with Crippen molar-refractivity contribution in [2.24, 2.45) is 5.73 Å². The maximum absolute atomic E-state index is 12.0. The third-order valence-electron chi connectivity index (χ3n) is 3.15. The molecule has 108 valence electrons. The van der Waals surface area contributed by atoms with Gasteiger partial charge in [-0.05, 0) is 12.8 Å². The highest BCUT2D eigenvalue weighted by molar-refractivity contribution is 7.13. The molecule has 0 aliphatic carbocycles. The molecular formula is C11H18ClN3O3S. The lowest BCUT2D eigenvalue weighted by Crippen LogP contribution is -2.52. The summed E-state index contributed by atoms with van der Waals surface area (Å²) in [7, 11) is 0. The van der Waals surface area contributed by atoms with Crippen LogP contribution in [0.2, 0.25) is 0 Å². The van der Waals surface area contributed by atoms with Crippen LogP contribution in [0.1, 0.15) is 37.0 Å². The predicted molar refractivity (Wildman–Crippen MR) is 78.1 cm³/mol. The zero-order chi connectivity index (χ0) is 13.8. The summed E-state index contributed by atoms with van der Waals surface area (Å²) in [6.45, 7) is 4.25. The SMILES string of the molecule is CCC(CC)(CN)NC(=O)c1csc([N+](=O)[O-])c1.Cl. The summed E-state index contributed by atoms with van der Waals surface area (Å²) in [6.07, 6.45) is 1.44. The Morgan fingerprint density at radius 2 is 2.11 bits per heavy atom. The van der Waals surface area contributed by atoms with Crippen molar-refractivity contribution in [2.45, 2.75) is 32.2 Å². The molecule has 0 saturated heterocycles. The Balaban J connectivity index is 0.00000324. The smallest absolute Gasteiger partial charge is 0.324 e. The van der Waals surface area contributed by atoms with E-state index in [4.69, 9.17) is 5.73 Å². The summed E-state index contributed by atoms with van der Waals surface area (Å²) >= 11 is 0.944. The van der Waals surface area contributed by atoms with Crippen molar-refractivity contribution in [1.29, 1.82) is 0 Å². The second-order valence-electron chi connectivity index (χ2n) is 4.08. The Morgan fingerprint density at radius 1 is 1.53 bits per heavy atom. The van der Waals surface area contributed by atoms with Gasteiger partial charge in [-0.2, -0.15) is 0 Å². The first-order chi connectivity index (χ1) is 8.48. The molecule has 3 N–H and O–H groups in total. The molecule has 1 amide bonds. The largest absolute Gasteiger partial charge is 0.345 e. The second kappa shape index (κ2) is 7.42. The third kappa shape index (κ3) is 4.15. The summed E-state index contributed by atoms with van der Waals surface area (Å²) < 4.78 is 0. The van der Waals surface area contributed by atoms with Crippen LogP contribution in [0.5, 0.6) is 0 Å². The number of halogens is 1. The van der Waals surface area contributed by atoms with Crippen molar-refractivity contribution in [3.05, 3.63) is 27.1 Å². The van der Waals surface area contributed by atoms with Gasteiger partial charge in [0.1, 0.15) is 0 Å². The number of nitrogens with zero attached hydrogens (tertiary/aromatic N) is 1. The summed E-state index contributed by atoms with van der Waals surface area (Å²) in [4.78, 5) is 22.0. The van der Waals surface area contributed by atoms with Crippen LogP contribution in [0, 0.1) is 10.1 Å². The van der Waals surface area contributed by atoms with E-state index >= 15 is 0 Å². The van der Waals surface area contributed by atoms with Gasteiger partial charge in [0.2, 0.25) is 0 Å². The molecule has 19 heavy (non-hydrogen) atoms. The summed E-state index contributed by atoms with van der Waals surface area (Å²) in [5.41, 5.74) is 5.56. The molecule has 1 aromatic heterocycles. The number of nitrogens with one attached hydrogen (secondary N) is 1. The number of carbonyl (C=O) groups is 1. The summed E-state index contributed by atoms with van der Waals surface area (Å²) in [5.74, 6) is -0.312. The van der Waals surface area contributed by atoms with E-state index in [0.29, 0.717) is 12.1 Å². The standard InChI is InChI=1S/C11H17N3O3S.ClH/c1-3-11(4-2,7-12)13-10(15)8-5-9(14(16)17)18-6-8;/h5-6H,3-4,7,12H2,1-2H3,(H,13,15);1H. The van der Waals surface area contributed by atoms with Crippen molar-refractivity contribution in [3.63, 3.8) is 0 Å². The molecular weight excluding hydrogens is 290 g/mol. The minimum Gasteiger partial charge on any atom is -0.345 e. The zero-order valence-electron chi connectivity index (χ0n) is 10.8. The minimum absolute atomic E-state index is 0. The van der Waals surface area contributed by atoms with E-state index in [-0.39, 0.29) is 23.3 Å². The molecule has 0 radical (unpaired) electrons. The number of nitro groups is 1. The van der Waals surface area contributed by atoms with Crippen LogP contribution in [0.4, 0.5) is 5.00 Å². The average Bonchev–Trinajstić information content (AvgIpc) is 2.86. The Kier molecular flexibility index (Phi) is 6.96. The number of rotatable bonds is 6. The Hall–Kier alpha value is -1.18. The Bertz CT molecular complexity index is 438. The molecule has 0 aromatic carbocycles. The highest BCUT2D eigenvalue weighted by Gasteiger charge is 2.27. The zero-order valence-corrected chi connectivity index (χ0v) is 12.5. The van der Waals surface area contributed by atoms with Crippen LogP contribution in [-0.2, 0) is 0 Å². The molecule has 6 nitrogen and oxygen atoms in total. The van der Waals surface area contributed by atoms with Crippen molar-refractivity contribution < 1.29 is 9.72 Å². The number of amides is 1. The molecule has 0 spiro atoms. The monoisotopic (exact) mass is 307 g/mol. The van der Waals surface area contributed by atoms with E-state index < -0.39 is 10.5 Å². The molecule has 0 unspecified atom stereocenters. The molecule has 0 bridgehead atoms. The highest BCUT2D eigenvalue weighted by atomic mass is 35.5. The average molecular weight is 308 g/mol. The van der Waals surface area contributed by atoms with Gasteiger partial charge in [-0.25, -0.2) is 0 Å². The van der Waals surface area contributed by atoms with Crippen molar-refractivity contribution >= 4 is 34.7 Å². The highest BCUT2D eigenvalue weighted by Crippen LogP contribution is 2.23. The third-order valence-corrected chi connectivity index (χ3v) is 4.03. The predicted octanol–water partition coefficient (Wildman–Crippen LogP) is 2.33. The molecule has 1 rings (SSSR count). The maximum atomic E-state index is 12.0. The lowest BCUT2D eigenvalue weighted by molar-refractivity contribution is -0.380. The molecule has 0 atom stereocenters. The van der Waals surface area contributed by atoms with Gasteiger partial charge in [0, 0.05) is 18.0 Å². The van der Waals surface area contributed by atoms with Crippen molar-refractivity contribution in [2.75, 3.05) is 6.54 Å². The Morgan fingerprint density at radius 3 is 2.47 bits per heavy atom. The van der Waals surface area contributed by atoms with E-state index in [1.807, 2.05) is 13.8 Å². The Labute approximate surface area is 121 Å². The fourth-order valence-corrected chi connectivity index (χ4v) is 2.32. The van der Waals surface area contributed by atoms with Crippen LogP contribution in [0.25, 0.3) is 0 Å². The molecule has 0 aliphatic rings. The van der Waals surface area contributed by atoms with Gasteiger partial charge in [0.05, 0.1) is 16.0 Å². The lowest BCUT2D eigenvalue weighted by atomic mass is 9.92. The van der Waals surface area contributed by atoms with Gasteiger partial charge in [-0.3, -0.25) is 14.9 Å². The van der Waals surface area contributed by atoms with E-state index in [0.717, 1.165) is 24.2 Å². The van der Waals surface area contributed by atoms with Crippen LogP contribution in [-0.4, -0.2) is 22.9 Å². The van der Waals surface area contributed by atoms with Crippen molar-refractivity contribution in [1.82, 2.24) is 5.32 Å². The molecule has 0 saturated carbocycles. The van der Waals surface area contributed by atoms with Crippen molar-refractivity contribution in [3.8, 4) is 0 Å². The fourth-order valence-electron chi connectivity index (χ4n) is 1.62. The molecule has 0 aliphatic heterocycles. The van der Waals surface area contributed by atoms with Crippen LogP contribution in [0.15, 0.2) is 11.4 Å². The first-order valence-electron chi connectivity index (χ1n) is 5.73. The normalized spacial score (nSPS) is 10.7. The first-order valence-corrected chi connectivity index (χ1v) is 6.61. The van der Waals surface area contributed by atoms with E-state index in [9.17, 15) is 14.9 Å². The van der Waals surface area contributed by atoms with Gasteiger partial charge in [0.15, 0.2) is 0 Å². The molecule has 1 aromatic rings. The van der Waals surface area contributed by atoms with Crippen LogP contribution in [0.3, 0.4) is 0 Å². The molecule has 8 heteroatoms. The lowest BCUT2D eigenvalue weighted by Gasteiger charge is -2.31. The topological polar surface area (TPSA) is 98.3 Å². The second-order valence-corrected chi connectivity index (χ2v) is 4.97.